The van der Waals surface area contributed by atoms with Gasteiger partial charge in [-0.05, 0) is 58.2 Å². The SMILES string of the molecule is C=C(C)c1cccc(C(C)(C)OCC(O)(C(F)(F)F)C(F)(F)F)c1C(C)(C)OCC(C)(O)C(F)(F)F. The second-order valence-corrected chi connectivity index (χ2v) is 9.73. The van der Waals surface area contributed by atoms with Crippen LogP contribution >= 0.6 is 0 Å². The van der Waals surface area contributed by atoms with Gasteiger partial charge in [0.05, 0.1) is 24.4 Å². The maximum atomic E-state index is 13.1. The number of hydrogen-bond acceptors (Lipinski definition) is 4. The van der Waals surface area contributed by atoms with Crippen molar-refractivity contribution in [2.45, 2.75) is 82.5 Å². The van der Waals surface area contributed by atoms with Crippen molar-refractivity contribution in [2.75, 3.05) is 13.2 Å². The van der Waals surface area contributed by atoms with Gasteiger partial charge in [0.2, 0.25) is 0 Å². The predicted molar refractivity (Wildman–Crippen MR) is 113 cm³/mol. The van der Waals surface area contributed by atoms with Gasteiger partial charge >= 0.3 is 18.5 Å². The van der Waals surface area contributed by atoms with E-state index in [4.69, 9.17) is 9.47 Å². The summed E-state index contributed by atoms with van der Waals surface area (Å²) in [5.41, 5.74) is -11.4. The van der Waals surface area contributed by atoms with E-state index in [9.17, 15) is 49.7 Å². The second-order valence-electron chi connectivity index (χ2n) is 9.73. The van der Waals surface area contributed by atoms with Crippen LogP contribution in [0.25, 0.3) is 5.57 Å². The van der Waals surface area contributed by atoms with Crippen molar-refractivity contribution in [1.29, 1.82) is 0 Å². The highest BCUT2D eigenvalue weighted by Gasteiger charge is 2.71. The van der Waals surface area contributed by atoms with E-state index in [1.807, 2.05) is 0 Å². The Labute approximate surface area is 202 Å². The fraction of sp³-hybridized carbons (Fsp3) is 0.652. The average Bonchev–Trinajstić information content (AvgIpc) is 2.67. The summed E-state index contributed by atoms with van der Waals surface area (Å²) in [6.07, 6.45) is -17.3. The van der Waals surface area contributed by atoms with Crippen LogP contribution in [0.2, 0.25) is 0 Å². The van der Waals surface area contributed by atoms with Gasteiger partial charge in [-0.1, -0.05) is 30.4 Å². The van der Waals surface area contributed by atoms with Crippen molar-refractivity contribution in [3.8, 4) is 0 Å². The first kappa shape index (κ1) is 32.2. The van der Waals surface area contributed by atoms with Crippen LogP contribution in [0, 0.1) is 0 Å². The van der Waals surface area contributed by atoms with Crippen molar-refractivity contribution >= 4 is 5.57 Å². The number of hydrogen-bond donors (Lipinski definition) is 2. The zero-order valence-corrected chi connectivity index (χ0v) is 20.5. The monoisotopic (exact) mass is 540 g/mol. The molecule has 1 rings (SSSR count). The van der Waals surface area contributed by atoms with Gasteiger partial charge in [-0.25, -0.2) is 0 Å². The van der Waals surface area contributed by atoms with Gasteiger partial charge in [0, 0.05) is 0 Å². The summed E-state index contributed by atoms with van der Waals surface area (Å²) in [5, 5.41) is 19.2. The topological polar surface area (TPSA) is 58.9 Å². The quantitative estimate of drug-likeness (QED) is 0.357. The first-order valence-electron chi connectivity index (χ1n) is 10.4. The van der Waals surface area contributed by atoms with Gasteiger partial charge in [0.15, 0.2) is 5.60 Å². The van der Waals surface area contributed by atoms with E-state index in [0.29, 0.717) is 12.5 Å². The van der Waals surface area contributed by atoms with E-state index in [2.05, 4.69) is 6.58 Å². The van der Waals surface area contributed by atoms with Crippen LogP contribution in [0.15, 0.2) is 24.8 Å². The molecule has 1 atom stereocenters. The molecule has 2 N–H and O–H groups in total. The Hall–Kier alpha value is -1.83. The lowest BCUT2D eigenvalue weighted by Crippen LogP contribution is -2.60. The molecule has 0 radical (unpaired) electrons. The molecule has 208 valence electrons. The number of halogens is 9. The van der Waals surface area contributed by atoms with Gasteiger partial charge in [-0.15, -0.1) is 0 Å². The maximum Gasteiger partial charge on any atom is 0.428 e. The Morgan fingerprint density at radius 3 is 1.58 bits per heavy atom. The highest BCUT2D eigenvalue weighted by Crippen LogP contribution is 2.46. The van der Waals surface area contributed by atoms with Crippen LogP contribution in [0.1, 0.15) is 58.2 Å². The molecule has 0 amide bonds. The van der Waals surface area contributed by atoms with Crippen molar-refractivity contribution in [3.05, 3.63) is 41.5 Å². The predicted octanol–water partition coefficient (Wildman–Crippen LogP) is 6.39. The molecular formula is C23H29F9O4. The highest BCUT2D eigenvalue weighted by atomic mass is 19.4. The molecule has 0 aromatic heterocycles. The fourth-order valence-corrected chi connectivity index (χ4v) is 3.22. The maximum absolute atomic E-state index is 13.1. The molecule has 13 heteroatoms. The lowest BCUT2D eigenvalue weighted by atomic mass is 9.80. The third-order valence-electron chi connectivity index (χ3n) is 5.68. The molecule has 1 aromatic rings. The molecule has 0 aliphatic heterocycles. The zero-order chi connectivity index (χ0) is 28.8. The molecule has 0 spiro atoms. The van der Waals surface area contributed by atoms with Crippen LogP contribution in [0.3, 0.4) is 0 Å². The third-order valence-corrected chi connectivity index (χ3v) is 5.68. The van der Waals surface area contributed by atoms with E-state index in [1.165, 1.54) is 39.0 Å². The summed E-state index contributed by atoms with van der Waals surface area (Å²) in [7, 11) is 0. The Morgan fingerprint density at radius 2 is 1.19 bits per heavy atom. The Bertz CT molecular complexity index is 928. The van der Waals surface area contributed by atoms with E-state index in [0.717, 1.165) is 13.8 Å². The molecule has 0 saturated heterocycles. The van der Waals surface area contributed by atoms with Crippen LogP contribution in [0.4, 0.5) is 39.5 Å². The summed E-state index contributed by atoms with van der Waals surface area (Å²) in [4.78, 5) is 0. The first-order chi connectivity index (χ1) is 15.7. The molecule has 1 aromatic carbocycles. The minimum Gasteiger partial charge on any atom is -0.379 e. The van der Waals surface area contributed by atoms with Crippen LogP contribution in [0.5, 0.6) is 0 Å². The normalized spacial score (nSPS) is 16.1. The van der Waals surface area contributed by atoms with Gasteiger partial charge in [-0.2, -0.15) is 39.5 Å². The molecule has 0 fully saturated rings. The molecule has 4 nitrogen and oxygen atoms in total. The average molecular weight is 540 g/mol. The summed E-state index contributed by atoms with van der Waals surface area (Å²) < 4.78 is 129. The number of aliphatic hydroxyl groups is 2. The van der Waals surface area contributed by atoms with E-state index in [-0.39, 0.29) is 16.7 Å². The number of benzene rings is 1. The van der Waals surface area contributed by atoms with Crippen molar-refractivity contribution in [1.82, 2.24) is 0 Å². The molecular weight excluding hydrogens is 511 g/mol. The van der Waals surface area contributed by atoms with Crippen molar-refractivity contribution in [2.24, 2.45) is 0 Å². The lowest BCUT2D eigenvalue weighted by molar-refractivity contribution is -0.382. The number of rotatable bonds is 9. The van der Waals surface area contributed by atoms with Gasteiger partial charge in [0.25, 0.3) is 5.60 Å². The molecule has 36 heavy (non-hydrogen) atoms. The fourth-order valence-electron chi connectivity index (χ4n) is 3.22. The summed E-state index contributed by atoms with van der Waals surface area (Å²) in [6.45, 7) is 7.18. The molecule has 0 bridgehead atoms. The molecule has 0 saturated carbocycles. The third kappa shape index (κ3) is 6.53. The molecule has 0 heterocycles. The van der Waals surface area contributed by atoms with Crippen LogP contribution < -0.4 is 0 Å². The van der Waals surface area contributed by atoms with Gasteiger partial charge in [0.1, 0.15) is 0 Å². The van der Waals surface area contributed by atoms with Crippen molar-refractivity contribution < 1.29 is 59.2 Å². The highest BCUT2D eigenvalue weighted by molar-refractivity contribution is 5.67. The van der Waals surface area contributed by atoms with Crippen LogP contribution in [-0.4, -0.2) is 53.2 Å². The van der Waals surface area contributed by atoms with E-state index in [1.54, 1.807) is 0 Å². The van der Waals surface area contributed by atoms with Crippen molar-refractivity contribution in [3.63, 3.8) is 0 Å². The number of allylic oxidation sites excluding steroid dienone is 1. The van der Waals surface area contributed by atoms with E-state index >= 15 is 0 Å². The summed E-state index contributed by atoms with van der Waals surface area (Å²) >= 11 is 0. The summed E-state index contributed by atoms with van der Waals surface area (Å²) in [6, 6.07) is 4.16. The summed E-state index contributed by atoms with van der Waals surface area (Å²) in [5.74, 6) is 0. The van der Waals surface area contributed by atoms with Gasteiger partial charge in [-0.3, -0.25) is 0 Å². The Balaban J connectivity index is 3.58. The lowest BCUT2D eigenvalue weighted by Gasteiger charge is -2.40. The largest absolute Gasteiger partial charge is 0.428 e. The smallest absolute Gasteiger partial charge is 0.379 e. The molecule has 0 aliphatic carbocycles. The standard InChI is InChI=1S/C23H29F9O4/c1-13(2)14-9-8-10-15(16(14)18(5,6)35-11-19(7,33)21(24,25)26)17(3,4)36-12-20(34,22(27,28)29)23(30,31)32/h8-10,33-34H,1,11-12H2,2-7H3. The Kier molecular flexibility index (Phi) is 8.77. The molecule has 0 aliphatic rings. The number of ether oxygens (including phenoxy) is 2. The minimum absolute atomic E-state index is 0.0358. The van der Waals surface area contributed by atoms with Crippen LogP contribution in [-0.2, 0) is 20.7 Å². The minimum atomic E-state index is -6.12. The Morgan fingerprint density at radius 1 is 0.750 bits per heavy atom. The van der Waals surface area contributed by atoms with Gasteiger partial charge < -0.3 is 19.7 Å². The molecule has 1 unspecified atom stereocenters. The van der Waals surface area contributed by atoms with E-state index < -0.39 is 54.1 Å². The number of alkyl halides is 9. The first-order valence-corrected chi connectivity index (χ1v) is 10.4. The second kappa shape index (κ2) is 9.80. The zero-order valence-electron chi connectivity index (χ0n) is 20.5.